The molecule has 0 aromatic carbocycles. The average Bonchev–Trinajstić information content (AvgIpc) is 2.61. The summed E-state index contributed by atoms with van der Waals surface area (Å²) in [7, 11) is 0. The van der Waals surface area contributed by atoms with E-state index in [1.807, 2.05) is 11.8 Å². The van der Waals surface area contributed by atoms with E-state index in [1.54, 1.807) is 0 Å². The van der Waals surface area contributed by atoms with E-state index in [4.69, 9.17) is 4.74 Å². The van der Waals surface area contributed by atoms with Crippen LogP contribution >= 0.6 is 0 Å². The molecule has 0 unspecified atom stereocenters. The van der Waals surface area contributed by atoms with Crippen LogP contribution in [0.25, 0.3) is 0 Å². The third-order valence-electron chi connectivity index (χ3n) is 4.32. The van der Waals surface area contributed by atoms with E-state index >= 15 is 0 Å². The third-order valence-corrected chi connectivity index (χ3v) is 4.32. The van der Waals surface area contributed by atoms with Gasteiger partial charge in [0.1, 0.15) is 0 Å². The summed E-state index contributed by atoms with van der Waals surface area (Å²) in [4.78, 5) is 14.4. The van der Waals surface area contributed by atoms with E-state index in [-0.39, 0.29) is 11.3 Å². The van der Waals surface area contributed by atoms with Crippen LogP contribution in [0.3, 0.4) is 0 Å². The molecule has 2 saturated heterocycles. The van der Waals surface area contributed by atoms with Crippen molar-refractivity contribution in [3.05, 3.63) is 0 Å². The van der Waals surface area contributed by atoms with Gasteiger partial charge in [0.25, 0.3) is 0 Å². The van der Waals surface area contributed by atoms with Gasteiger partial charge in [-0.05, 0) is 39.8 Å². The Bertz CT molecular complexity index is 275. The van der Waals surface area contributed by atoms with Crippen molar-refractivity contribution in [1.29, 1.82) is 0 Å². The molecule has 98 valence electrons. The number of carbonyl (C=O) groups excluding carboxylic acids is 1. The van der Waals surface area contributed by atoms with E-state index in [9.17, 15) is 4.79 Å². The first-order chi connectivity index (χ1) is 8.23. The second kappa shape index (κ2) is 5.36. The van der Waals surface area contributed by atoms with Gasteiger partial charge in [0, 0.05) is 25.1 Å². The molecule has 4 nitrogen and oxygen atoms in total. The second-order valence-corrected chi connectivity index (χ2v) is 5.18. The van der Waals surface area contributed by atoms with Crippen LogP contribution in [0.4, 0.5) is 0 Å². The number of nitrogens with one attached hydrogen (secondary N) is 1. The van der Waals surface area contributed by atoms with Crippen LogP contribution in [0.2, 0.25) is 0 Å². The molecule has 1 spiro atoms. The number of hydrogen-bond acceptors (Lipinski definition) is 3. The summed E-state index contributed by atoms with van der Waals surface area (Å²) in [5.74, 6) is 0.396. The van der Waals surface area contributed by atoms with Crippen LogP contribution in [0.15, 0.2) is 0 Å². The lowest BCUT2D eigenvalue weighted by Crippen LogP contribution is -2.43. The first-order valence-electron chi connectivity index (χ1n) is 6.81. The zero-order valence-electron chi connectivity index (χ0n) is 11.0. The van der Waals surface area contributed by atoms with Gasteiger partial charge in [0.15, 0.2) is 0 Å². The highest BCUT2D eigenvalue weighted by Gasteiger charge is 2.51. The maximum Gasteiger partial charge on any atom is 0.228 e. The van der Waals surface area contributed by atoms with Crippen molar-refractivity contribution >= 4 is 5.91 Å². The summed E-state index contributed by atoms with van der Waals surface area (Å²) in [5.41, 5.74) is 0.174. The highest BCUT2D eigenvalue weighted by atomic mass is 16.5. The predicted molar refractivity (Wildman–Crippen MR) is 66.8 cm³/mol. The summed E-state index contributed by atoms with van der Waals surface area (Å²) in [6, 6.07) is 0. The van der Waals surface area contributed by atoms with Crippen molar-refractivity contribution in [2.45, 2.75) is 26.7 Å². The van der Waals surface area contributed by atoms with Crippen LogP contribution in [0.1, 0.15) is 26.7 Å². The normalized spacial score (nSPS) is 28.0. The van der Waals surface area contributed by atoms with Crippen LogP contribution in [-0.2, 0) is 9.53 Å². The largest absolute Gasteiger partial charge is 0.381 e. The SMILES string of the molecule is CCOC[C@@H]1C(=O)N(CC)CC12CCNCC2. The zero-order chi connectivity index (χ0) is 12.3. The first kappa shape index (κ1) is 12.8. The number of piperidine rings is 1. The summed E-state index contributed by atoms with van der Waals surface area (Å²) >= 11 is 0. The average molecular weight is 240 g/mol. The summed E-state index contributed by atoms with van der Waals surface area (Å²) in [6.45, 7) is 9.19. The van der Waals surface area contributed by atoms with Gasteiger partial charge < -0.3 is 15.0 Å². The molecule has 0 aromatic rings. The lowest BCUT2D eigenvalue weighted by Gasteiger charge is -2.37. The van der Waals surface area contributed by atoms with Gasteiger partial charge in [0.2, 0.25) is 5.91 Å². The third kappa shape index (κ3) is 2.33. The molecular weight excluding hydrogens is 216 g/mol. The molecule has 0 aromatic heterocycles. The highest BCUT2D eigenvalue weighted by molar-refractivity contribution is 5.82. The number of likely N-dealkylation sites (tertiary alicyclic amines) is 1. The Balaban J connectivity index is 2.13. The van der Waals surface area contributed by atoms with Gasteiger partial charge in [-0.1, -0.05) is 0 Å². The Kier molecular flexibility index (Phi) is 4.05. The van der Waals surface area contributed by atoms with Gasteiger partial charge in [-0.2, -0.15) is 0 Å². The Morgan fingerprint density at radius 2 is 2.12 bits per heavy atom. The lowest BCUT2D eigenvalue weighted by molar-refractivity contribution is -0.133. The molecule has 2 rings (SSSR count). The Hall–Kier alpha value is -0.610. The van der Waals surface area contributed by atoms with Crippen LogP contribution < -0.4 is 5.32 Å². The van der Waals surface area contributed by atoms with E-state index in [1.165, 1.54) is 0 Å². The molecule has 1 atom stereocenters. The smallest absolute Gasteiger partial charge is 0.228 e. The molecular formula is C13H24N2O2. The van der Waals surface area contributed by atoms with Crippen molar-refractivity contribution in [1.82, 2.24) is 10.2 Å². The fraction of sp³-hybridized carbons (Fsp3) is 0.923. The van der Waals surface area contributed by atoms with Gasteiger partial charge in [-0.15, -0.1) is 0 Å². The molecule has 17 heavy (non-hydrogen) atoms. The number of rotatable bonds is 4. The topological polar surface area (TPSA) is 41.6 Å². The maximum atomic E-state index is 12.3. The van der Waals surface area contributed by atoms with E-state index in [0.29, 0.717) is 19.1 Å². The zero-order valence-corrected chi connectivity index (χ0v) is 11.0. The fourth-order valence-corrected chi connectivity index (χ4v) is 3.23. The number of ether oxygens (including phenoxy) is 1. The Morgan fingerprint density at radius 1 is 1.41 bits per heavy atom. The summed E-state index contributed by atoms with van der Waals surface area (Å²) in [5, 5.41) is 3.39. The molecule has 2 fully saturated rings. The second-order valence-electron chi connectivity index (χ2n) is 5.18. The Labute approximate surface area is 104 Å². The van der Waals surface area contributed by atoms with Crippen molar-refractivity contribution < 1.29 is 9.53 Å². The van der Waals surface area contributed by atoms with Crippen molar-refractivity contribution in [3.8, 4) is 0 Å². The van der Waals surface area contributed by atoms with E-state index < -0.39 is 0 Å². The lowest BCUT2D eigenvalue weighted by atomic mass is 9.71. The number of carbonyl (C=O) groups is 1. The molecule has 1 amide bonds. The highest BCUT2D eigenvalue weighted by Crippen LogP contribution is 2.44. The molecule has 0 bridgehead atoms. The van der Waals surface area contributed by atoms with Crippen molar-refractivity contribution in [2.24, 2.45) is 11.3 Å². The standard InChI is InChI=1S/C13H24N2O2/c1-3-15-10-13(5-7-14-8-6-13)11(12(15)16)9-17-4-2/h11,14H,3-10H2,1-2H3/t11-/m1/s1. The predicted octanol–water partition coefficient (Wildman–Crippen LogP) is 0.871. The van der Waals surface area contributed by atoms with Crippen molar-refractivity contribution in [2.75, 3.05) is 39.4 Å². The van der Waals surface area contributed by atoms with Crippen LogP contribution in [0, 0.1) is 11.3 Å². The number of hydrogen-bond donors (Lipinski definition) is 1. The number of nitrogens with zero attached hydrogens (tertiary/aromatic N) is 1. The first-order valence-corrected chi connectivity index (χ1v) is 6.81. The fourth-order valence-electron chi connectivity index (χ4n) is 3.23. The minimum atomic E-state index is 0.0875. The van der Waals surface area contributed by atoms with Gasteiger partial charge >= 0.3 is 0 Å². The Morgan fingerprint density at radius 3 is 2.71 bits per heavy atom. The quantitative estimate of drug-likeness (QED) is 0.793. The van der Waals surface area contributed by atoms with Crippen molar-refractivity contribution in [3.63, 3.8) is 0 Å². The molecule has 2 heterocycles. The molecule has 2 aliphatic heterocycles. The van der Waals surface area contributed by atoms with E-state index in [0.717, 1.165) is 39.0 Å². The molecule has 0 aliphatic carbocycles. The molecule has 0 saturated carbocycles. The van der Waals surface area contributed by atoms with Gasteiger partial charge in [-0.3, -0.25) is 4.79 Å². The summed E-state index contributed by atoms with van der Waals surface area (Å²) in [6.07, 6.45) is 2.21. The minimum Gasteiger partial charge on any atom is -0.381 e. The molecule has 0 radical (unpaired) electrons. The van der Waals surface area contributed by atoms with Crippen LogP contribution in [0.5, 0.6) is 0 Å². The number of amides is 1. The molecule has 1 N–H and O–H groups in total. The monoisotopic (exact) mass is 240 g/mol. The van der Waals surface area contributed by atoms with Crippen LogP contribution in [-0.4, -0.2) is 50.2 Å². The molecule has 2 aliphatic rings. The van der Waals surface area contributed by atoms with Gasteiger partial charge in [-0.25, -0.2) is 0 Å². The maximum absolute atomic E-state index is 12.3. The van der Waals surface area contributed by atoms with Gasteiger partial charge in [0.05, 0.1) is 12.5 Å². The minimum absolute atomic E-state index is 0.0875. The summed E-state index contributed by atoms with van der Waals surface area (Å²) < 4.78 is 5.54. The van der Waals surface area contributed by atoms with E-state index in [2.05, 4.69) is 12.2 Å². The molecule has 4 heteroatoms.